The summed E-state index contributed by atoms with van der Waals surface area (Å²) in [5.74, 6) is -0.517. The number of ether oxygens (including phenoxy) is 2. The molecule has 0 aliphatic carbocycles. The highest BCUT2D eigenvalue weighted by Gasteiger charge is 2.17. The number of carboxylic acid groups (broad SMARTS) is 1. The van der Waals surface area contributed by atoms with Crippen molar-refractivity contribution >= 4 is 27.8 Å². The summed E-state index contributed by atoms with van der Waals surface area (Å²) in [5.41, 5.74) is 0.764. The smallest absolute Gasteiger partial charge is 0.308 e. The van der Waals surface area contributed by atoms with E-state index in [1.807, 2.05) is 0 Å². The van der Waals surface area contributed by atoms with Crippen LogP contribution in [0, 0.1) is 5.92 Å². The number of nitrogens with one attached hydrogen (secondary N) is 1. The van der Waals surface area contributed by atoms with Crippen molar-refractivity contribution in [1.29, 1.82) is 0 Å². The van der Waals surface area contributed by atoms with Crippen molar-refractivity contribution in [2.45, 2.75) is 13.3 Å². The minimum Gasteiger partial charge on any atom is -0.486 e. The molecule has 0 spiro atoms. The Labute approximate surface area is 130 Å². The molecule has 2 N–H and O–H groups in total. The highest BCUT2D eigenvalue weighted by Crippen LogP contribution is 2.35. The minimum absolute atomic E-state index is 0.107. The lowest BCUT2D eigenvalue weighted by atomic mass is 10.1. The second kappa shape index (κ2) is 6.80. The highest BCUT2D eigenvalue weighted by molar-refractivity contribution is 9.10. The summed E-state index contributed by atoms with van der Waals surface area (Å²) in [4.78, 5) is 22.6. The molecule has 0 fully saturated rings. The first-order valence-electron chi connectivity index (χ1n) is 6.55. The number of carbonyl (C=O) groups is 2. The van der Waals surface area contributed by atoms with Gasteiger partial charge in [-0.3, -0.25) is 9.59 Å². The van der Waals surface area contributed by atoms with Crippen LogP contribution in [0.15, 0.2) is 16.6 Å². The van der Waals surface area contributed by atoms with Gasteiger partial charge in [0.2, 0.25) is 5.91 Å². The molecule has 1 unspecified atom stereocenters. The minimum atomic E-state index is -0.934. The monoisotopic (exact) mass is 357 g/mol. The summed E-state index contributed by atoms with van der Waals surface area (Å²) in [6.45, 7) is 2.64. The Kier molecular flexibility index (Phi) is 5.06. The van der Waals surface area contributed by atoms with E-state index in [1.54, 1.807) is 19.1 Å². The standard InChI is InChI=1S/C14H16BrNO5/c1-8(14(18)19)7-16-13(17)5-9-4-11-12(6-10(9)15)21-3-2-20-11/h4,6,8H,2-3,5,7H2,1H3,(H,16,17)(H,18,19). The zero-order valence-electron chi connectivity index (χ0n) is 11.5. The molecule has 1 amide bonds. The first-order valence-corrected chi connectivity index (χ1v) is 7.34. The van der Waals surface area contributed by atoms with Crippen molar-refractivity contribution in [3.05, 3.63) is 22.2 Å². The lowest BCUT2D eigenvalue weighted by Gasteiger charge is -2.20. The largest absolute Gasteiger partial charge is 0.486 e. The number of rotatable bonds is 5. The van der Waals surface area contributed by atoms with E-state index < -0.39 is 11.9 Å². The number of aliphatic carboxylic acids is 1. The Hall–Kier alpha value is -1.76. The molecule has 114 valence electrons. The second-order valence-electron chi connectivity index (χ2n) is 4.81. The van der Waals surface area contributed by atoms with Gasteiger partial charge in [-0.05, 0) is 17.7 Å². The van der Waals surface area contributed by atoms with E-state index in [-0.39, 0.29) is 18.9 Å². The molecule has 1 heterocycles. The van der Waals surface area contributed by atoms with E-state index in [4.69, 9.17) is 14.6 Å². The van der Waals surface area contributed by atoms with Gasteiger partial charge in [0.15, 0.2) is 11.5 Å². The van der Waals surface area contributed by atoms with Crippen LogP contribution in [-0.2, 0) is 16.0 Å². The number of hydrogen-bond acceptors (Lipinski definition) is 4. The van der Waals surface area contributed by atoms with E-state index in [2.05, 4.69) is 21.2 Å². The Morgan fingerprint density at radius 1 is 1.33 bits per heavy atom. The third-order valence-corrected chi connectivity index (χ3v) is 3.83. The van der Waals surface area contributed by atoms with Gasteiger partial charge < -0.3 is 19.9 Å². The number of hydrogen-bond donors (Lipinski definition) is 2. The van der Waals surface area contributed by atoms with Gasteiger partial charge in [0.25, 0.3) is 0 Å². The summed E-state index contributed by atoms with van der Waals surface area (Å²) < 4.78 is 11.7. The van der Waals surface area contributed by atoms with Gasteiger partial charge in [-0.2, -0.15) is 0 Å². The van der Waals surface area contributed by atoms with Crippen LogP contribution in [0.1, 0.15) is 12.5 Å². The molecule has 0 radical (unpaired) electrons. The van der Waals surface area contributed by atoms with Crippen molar-refractivity contribution < 1.29 is 24.2 Å². The molecule has 6 nitrogen and oxygen atoms in total. The van der Waals surface area contributed by atoms with Crippen LogP contribution >= 0.6 is 15.9 Å². The topological polar surface area (TPSA) is 84.9 Å². The van der Waals surface area contributed by atoms with Crippen LogP contribution in [0.4, 0.5) is 0 Å². The fraction of sp³-hybridized carbons (Fsp3) is 0.429. The van der Waals surface area contributed by atoms with E-state index in [9.17, 15) is 9.59 Å². The summed E-state index contributed by atoms with van der Waals surface area (Å²) in [5, 5.41) is 11.4. The maximum atomic E-state index is 11.9. The SMILES string of the molecule is CC(CNC(=O)Cc1cc2c(cc1Br)OCCO2)C(=O)O. The van der Waals surface area contributed by atoms with Gasteiger partial charge in [-0.1, -0.05) is 22.9 Å². The fourth-order valence-electron chi connectivity index (χ4n) is 1.83. The number of amides is 1. The first-order chi connectivity index (χ1) is 9.97. The molecule has 1 aliphatic rings. The molecule has 1 aromatic rings. The van der Waals surface area contributed by atoms with E-state index in [0.717, 1.165) is 10.0 Å². The molecule has 1 aromatic carbocycles. The maximum absolute atomic E-state index is 11.9. The van der Waals surface area contributed by atoms with Crippen molar-refractivity contribution in [2.75, 3.05) is 19.8 Å². The Morgan fingerprint density at radius 3 is 2.57 bits per heavy atom. The van der Waals surface area contributed by atoms with Crippen LogP contribution in [0.2, 0.25) is 0 Å². The maximum Gasteiger partial charge on any atom is 0.308 e. The van der Waals surface area contributed by atoms with Gasteiger partial charge in [0.1, 0.15) is 13.2 Å². The number of benzene rings is 1. The number of fused-ring (bicyclic) bond motifs is 1. The summed E-state index contributed by atoms with van der Waals surface area (Å²) in [6.07, 6.45) is 0.142. The fourth-order valence-corrected chi connectivity index (χ4v) is 2.29. The quantitative estimate of drug-likeness (QED) is 0.835. The first kappa shape index (κ1) is 15.6. The van der Waals surface area contributed by atoms with Gasteiger partial charge >= 0.3 is 5.97 Å². The predicted octanol–water partition coefficient (Wildman–Crippen LogP) is 1.60. The molecule has 7 heteroatoms. The summed E-state index contributed by atoms with van der Waals surface area (Å²) in [7, 11) is 0. The lowest BCUT2D eigenvalue weighted by molar-refractivity contribution is -0.141. The molecular formula is C14H16BrNO5. The summed E-state index contributed by atoms with van der Waals surface area (Å²) in [6, 6.07) is 3.54. The number of carboxylic acids is 1. The summed E-state index contributed by atoms with van der Waals surface area (Å²) >= 11 is 3.40. The normalized spacial score (nSPS) is 14.4. The van der Waals surface area contributed by atoms with E-state index in [0.29, 0.717) is 24.7 Å². The average molecular weight is 358 g/mol. The van der Waals surface area contributed by atoms with Crippen molar-refractivity contribution in [3.63, 3.8) is 0 Å². The van der Waals surface area contributed by atoms with Crippen LogP contribution in [-0.4, -0.2) is 36.7 Å². The molecule has 0 bridgehead atoms. The third kappa shape index (κ3) is 4.10. The van der Waals surface area contributed by atoms with Crippen LogP contribution < -0.4 is 14.8 Å². The van der Waals surface area contributed by atoms with E-state index >= 15 is 0 Å². The van der Waals surface area contributed by atoms with Gasteiger partial charge in [-0.25, -0.2) is 0 Å². The molecule has 0 saturated heterocycles. The highest BCUT2D eigenvalue weighted by atomic mass is 79.9. The molecule has 1 atom stereocenters. The lowest BCUT2D eigenvalue weighted by Crippen LogP contribution is -2.32. The zero-order chi connectivity index (χ0) is 15.4. The predicted molar refractivity (Wildman–Crippen MR) is 78.6 cm³/mol. The van der Waals surface area contributed by atoms with Crippen molar-refractivity contribution in [2.24, 2.45) is 5.92 Å². The molecule has 0 aromatic heterocycles. The molecule has 1 aliphatic heterocycles. The Bertz CT molecular complexity index is 561. The van der Waals surface area contributed by atoms with Gasteiger partial charge in [0, 0.05) is 11.0 Å². The second-order valence-corrected chi connectivity index (χ2v) is 5.66. The van der Waals surface area contributed by atoms with E-state index in [1.165, 1.54) is 0 Å². The van der Waals surface area contributed by atoms with Crippen LogP contribution in [0.25, 0.3) is 0 Å². The van der Waals surface area contributed by atoms with Crippen LogP contribution in [0.5, 0.6) is 11.5 Å². The van der Waals surface area contributed by atoms with Gasteiger partial charge in [-0.15, -0.1) is 0 Å². The van der Waals surface area contributed by atoms with Gasteiger partial charge in [0.05, 0.1) is 12.3 Å². The van der Waals surface area contributed by atoms with Crippen molar-refractivity contribution in [1.82, 2.24) is 5.32 Å². The Balaban J connectivity index is 1.99. The Morgan fingerprint density at radius 2 is 1.95 bits per heavy atom. The van der Waals surface area contributed by atoms with Crippen molar-refractivity contribution in [3.8, 4) is 11.5 Å². The average Bonchev–Trinajstić information content (AvgIpc) is 2.45. The molecule has 2 rings (SSSR count). The molecular weight excluding hydrogens is 342 g/mol. The number of halogens is 1. The molecule has 21 heavy (non-hydrogen) atoms. The van der Waals surface area contributed by atoms with Crippen LogP contribution in [0.3, 0.4) is 0 Å². The molecule has 0 saturated carbocycles. The zero-order valence-corrected chi connectivity index (χ0v) is 13.1. The number of carbonyl (C=O) groups excluding carboxylic acids is 1. The third-order valence-electron chi connectivity index (χ3n) is 3.09.